The van der Waals surface area contributed by atoms with E-state index in [0.29, 0.717) is 18.1 Å². The van der Waals surface area contributed by atoms with E-state index in [1.807, 2.05) is 25.1 Å². The highest BCUT2D eigenvalue weighted by Crippen LogP contribution is 2.33. The third-order valence-electron chi connectivity index (χ3n) is 4.24. The molecule has 0 unspecified atom stereocenters. The van der Waals surface area contributed by atoms with Gasteiger partial charge in [0, 0.05) is 31.2 Å². The SMILES string of the molecule is Cc1cc([C@@H]2CCCN2C(=O)Nc2cccnc2-n2cccn2)on1. The molecule has 1 atom stereocenters. The standard InChI is InChI=1S/C17H18N6O2/c1-12-11-15(25-21-12)14-6-3-9-22(14)17(24)20-13-5-2-7-18-16(13)23-10-4-8-19-23/h2,4-5,7-8,10-11,14H,3,6,9H2,1H3,(H,20,24)/t14-/m0/s1. The molecule has 0 saturated carbocycles. The van der Waals surface area contributed by atoms with E-state index in [9.17, 15) is 4.79 Å². The average Bonchev–Trinajstić information content (AvgIpc) is 3.36. The van der Waals surface area contributed by atoms with E-state index in [1.165, 1.54) is 0 Å². The summed E-state index contributed by atoms with van der Waals surface area (Å²) >= 11 is 0. The van der Waals surface area contributed by atoms with Crippen LogP contribution in [-0.2, 0) is 0 Å². The lowest BCUT2D eigenvalue weighted by atomic mass is 10.1. The van der Waals surface area contributed by atoms with Crippen molar-refractivity contribution in [1.29, 1.82) is 0 Å². The third-order valence-corrected chi connectivity index (χ3v) is 4.24. The van der Waals surface area contributed by atoms with Crippen molar-refractivity contribution in [3.05, 3.63) is 54.3 Å². The van der Waals surface area contributed by atoms with E-state index in [0.717, 1.165) is 24.3 Å². The lowest BCUT2D eigenvalue weighted by Crippen LogP contribution is -2.34. The average molecular weight is 338 g/mol. The number of likely N-dealkylation sites (tertiary alicyclic amines) is 1. The fourth-order valence-corrected chi connectivity index (χ4v) is 3.10. The van der Waals surface area contributed by atoms with Crippen molar-refractivity contribution >= 4 is 11.7 Å². The van der Waals surface area contributed by atoms with Gasteiger partial charge < -0.3 is 14.7 Å². The van der Waals surface area contributed by atoms with E-state index >= 15 is 0 Å². The van der Waals surface area contributed by atoms with Crippen LogP contribution >= 0.6 is 0 Å². The second-order valence-electron chi connectivity index (χ2n) is 5.98. The van der Waals surface area contributed by atoms with Crippen LogP contribution in [0.3, 0.4) is 0 Å². The predicted molar refractivity (Wildman–Crippen MR) is 90.3 cm³/mol. The molecule has 2 amide bonds. The van der Waals surface area contributed by atoms with Gasteiger partial charge in [-0.15, -0.1) is 0 Å². The zero-order valence-corrected chi connectivity index (χ0v) is 13.8. The molecule has 1 aliphatic rings. The number of nitrogens with one attached hydrogen (secondary N) is 1. The molecule has 1 N–H and O–H groups in total. The lowest BCUT2D eigenvalue weighted by molar-refractivity contribution is 0.195. The van der Waals surface area contributed by atoms with Crippen molar-refractivity contribution in [1.82, 2.24) is 24.8 Å². The molecule has 3 aromatic rings. The summed E-state index contributed by atoms with van der Waals surface area (Å²) in [5.74, 6) is 1.30. The van der Waals surface area contributed by atoms with Gasteiger partial charge >= 0.3 is 6.03 Å². The minimum atomic E-state index is -0.182. The Hall–Kier alpha value is -3.16. The van der Waals surface area contributed by atoms with Gasteiger partial charge in [-0.2, -0.15) is 5.10 Å². The molecule has 3 aromatic heterocycles. The summed E-state index contributed by atoms with van der Waals surface area (Å²) in [6.45, 7) is 2.55. The zero-order valence-electron chi connectivity index (χ0n) is 13.8. The van der Waals surface area contributed by atoms with Crippen molar-refractivity contribution in [3.8, 4) is 5.82 Å². The molecule has 1 saturated heterocycles. The molecule has 25 heavy (non-hydrogen) atoms. The number of aromatic nitrogens is 4. The maximum absolute atomic E-state index is 12.8. The van der Waals surface area contributed by atoms with Gasteiger partial charge in [-0.1, -0.05) is 5.16 Å². The van der Waals surface area contributed by atoms with Crippen molar-refractivity contribution in [3.63, 3.8) is 0 Å². The highest BCUT2D eigenvalue weighted by Gasteiger charge is 2.33. The summed E-state index contributed by atoms with van der Waals surface area (Å²) < 4.78 is 6.99. The summed E-state index contributed by atoms with van der Waals surface area (Å²) in [5, 5.41) is 11.1. The molecular formula is C17H18N6O2. The topological polar surface area (TPSA) is 89.1 Å². The molecular weight excluding hydrogens is 320 g/mol. The van der Waals surface area contributed by atoms with Gasteiger partial charge in [-0.3, -0.25) is 0 Å². The Morgan fingerprint density at radius 2 is 2.28 bits per heavy atom. The van der Waals surface area contributed by atoms with E-state index in [2.05, 4.69) is 20.6 Å². The van der Waals surface area contributed by atoms with Crippen LogP contribution in [0.4, 0.5) is 10.5 Å². The molecule has 128 valence electrons. The molecule has 0 spiro atoms. The molecule has 4 rings (SSSR count). The lowest BCUT2D eigenvalue weighted by Gasteiger charge is -2.23. The highest BCUT2D eigenvalue weighted by atomic mass is 16.5. The predicted octanol–water partition coefficient (Wildman–Crippen LogP) is 2.93. The number of aryl methyl sites for hydroxylation is 1. The van der Waals surface area contributed by atoms with Crippen LogP contribution in [-0.4, -0.2) is 37.4 Å². The Kier molecular flexibility index (Phi) is 3.93. The fourth-order valence-electron chi connectivity index (χ4n) is 3.10. The molecule has 8 heteroatoms. The highest BCUT2D eigenvalue weighted by molar-refractivity contribution is 5.91. The van der Waals surface area contributed by atoms with Gasteiger partial charge in [0.25, 0.3) is 0 Å². The summed E-state index contributed by atoms with van der Waals surface area (Å²) in [6.07, 6.45) is 6.91. The molecule has 0 bridgehead atoms. The molecule has 4 heterocycles. The summed E-state index contributed by atoms with van der Waals surface area (Å²) in [6, 6.07) is 7.01. The second-order valence-corrected chi connectivity index (χ2v) is 5.98. The molecule has 8 nitrogen and oxygen atoms in total. The number of carbonyl (C=O) groups is 1. The Balaban J connectivity index is 1.56. The number of pyridine rings is 1. The van der Waals surface area contributed by atoms with Crippen LogP contribution in [0.15, 0.2) is 47.4 Å². The minimum absolute atomic E-state index is 0.0916. The van der Waals surface area contributed by atoms with E-state index in [1.54, 1.807) is 34.2 Å². The van der Waals surface area contributed by atoms with Crippen molar-refractivity contribution in [2.75, 3.05) is 11.9 Å². The maximum Gasteiger partial charge on any atom is 0.322 e. The van der Waals surface area contributed by atoms with Gasteiger partial charge in [-0.25, -0.2) is 14.5 Å². The van der Waals surface area contributed by atoms with Crippen LogP contribution < -0.4 is 5.32 Å². The largest absolute Gasteiger partial charge is 0.359 e. The number of amides is 2. The molecule has 0 aromatic carbocycles. The molecule has 0 aliphatic carbocycles. The van der Waals surface area contributed by atoms with Crippen LogP contribution in [0.2, 0.25) is 0 Å². The van der Waals surface area contributed by atoms with E-state index in [4.69, 9.17) is 4.52 Å². The first-order valence-corrected chi connectivity index (χ1v) is 8.18. The second kappa shape index (κ2) is 6.39. The third kappa shape index (κ3) is 2.98. The van der Waals surface area contributed by atoms with Crippen molar-refractivity contribution < 1.29 is 9.32 Å². The molecule has 1 fully saturated rings. The number of hydrogen-bond donors (Lipinski definition) is 1. The van der Waals surface area contributed by atoms with Gasteiger partial charge in [0.15, 0.2) is 11.6 Å². The maximum atomic E-state index is 12.8. The first kappa shape index (κ1) is 15.4. The molecule has 0 radical (unpaired) electrons. The Bertz CT molecular complexity index is 873. The molecule has 1 aliphatic heterocycles. The van der Waals surface area contributed by atoms with E-state index < -0.39 is 0 Å². The van der Waals surface area contributed by atoms with Crippen LogP contribution in [0.5, 0.6) is 0 Å². The first-order chi connectivity index (χ1) is 12.2. The van der Waals surface area contributed by atoms with Gasteiger partial charge in [-0.05, 0) is 38.0 Å². The van der Waals surface area contributed by atoms with Crippen molar-refractivity contribution in [2.24, 2.45) is 0 Å². The van der Waals surface area contributed by atoms with Crippen molar-refractivity contribution in [2.45, 2.75) is 25.8 Å². The minimum Gasteiger partial charge on any atom is -0.359 e. The monoisotopic (exact) mass is 338 g/mol. The zero-order chi connectivity index (χ0) is 17.2. The van der Waals surface area contributed by atoms with Gasteiger partial charge in [0.2, 0.25) is 0 Å². The number of carbonyl (C=O) groups excluding carboxylic acids is 1. The van der Waals surface area contributed by atoms with E-state index in [-0.39, 0.29) is 12.1 Å². The number of rotatable bonds is 3. The number of anilines is 1. The quantitative estimate of drug-likeness (QED) is 0.793. The van der Waals surface area contributed by atoms with Gasteiger partial charge in [0.05, 0.1) is 17.4 Å². The number of nitrogens with zero attached hydrogens (tertiary/aromatic N) is 5. The smallest absolute Gasteiger partial charge is 0.322 e. The summed E-state index contributed by atoms with van der Waals surface area (Å²) in [4.78, 5) is 18.9. The Morgan fingerprint density at radius 1 is 1.36 bits per heavy atom. The number of hydrogen-bond acceptors (Lipinski definition) is 5. The van der Waals surface area contributed by atoms with Crippen LogP contribution in [0.25, 0.3) is 5.82 Å². The Labute approximate surface area is 144 Å². The van der Waals surface area contributed by atoms with Crippen LogP contribution in [0, 0.1) is 6.92 Å². The fraction of sp³-hybridized carbons (Fsp3) is 0.294. The summed E-state index contributed by atoms with van der Waals surface area (Å²) in [7, 11) is 0. The number of urea groups is 1. The summed E-state index contributed by atoms with van der Waals surface area (Å²) in [5.41, 5.74) is 1.42. The normalized spacial score (nSPS) is 17.0. The Morgan fingerprint density at radius 3 is 3.04 bits per heavy atom. The van der Waals surface area contributed by atoms with Gasteiger partial charge in [0.1, 0.15) is 0 Å². The first-order valence-electron chi connectivity index (χ1n) is 8.18. The van der Waals surface area contributed by atoms with Crippen LogP contribution in [0.1, 0.15) is 30.3 Å².